The Morgan fingerprint density at radius 1 is 0.917 bits per heavy atom. The number of pyridine rings is 1. The normalized spacial score (nSPS) is 10.0. The van der Waals surface area contributed by atoms with Gasteiger partial charge in [0.25, 0.3) is 5.16 Å². The Labute approximate surface area is 154 Å². The maximum atomic E-state index is 10.3. The van der Waals surface area contributed by atoms with E-state index in [0.717, 1.165) is 12.1 Å². The molecule has 0 saturated carbocycles. The molecule has 0 bridgehead atoms. The Morgan fingerprint density at radius 2 is 1.58 bits per heavy atom. The molecule has 2 heterocycles. The third-order valence-electron chi connectivity index (χ3n) is 2.64. The third kappa shape index (κ3) is 7.06. The van der Waals surface area contributed by atoms with E-state index >= 15 is 0 Å². The van der Waals surface area contributed by atoms with Crippen molar-refractivity contribution in [3.63, 3.8) is 0 Å². The Morgan fingerprint density at radius 3 is 2.08 bits per heavy atom. The molecular weight excluding hydrogens is 506 g/mol. The van der Waals surface area contributed by atoms with Gasteiger partial charge in [0, 0.05) is 44.4 Å². The molecule has 0 spiro atoms. The van der Waals surface area contributed by atoms with Gasteiger partial charge < -0.3 is 0 Å². The minimum atomic E-state index is -4.23. The smallest absolute Gasteiger partial charge is 0.279 e. The van der Waals surface area contributed by atoms with E-state index in [1.54, 1.807) is 0 Å². The van der Waals surface area contributed by atoms with Crippen LogP contribution < -0.4 is 0 Å². The van der Waals surface area contributed by atoms with Crippen molar-refractivity contribution in [2.45, 2.75) is 11.6 Å². The fourth-order valence-corrected chi connectivity index (χ4v) is 2.05. The number of hydrogen-bond acceptors (Lipinski definition) is 5. The van der Waals surface area contributed by atoms with Gasteiger partial charge >= 0.3 is 10.1 Å². The summed E-state index contributed by atoms with van der Waals surface area (Å²) in [5, 5.41) is -0.574. The monoisotopic (exact) mass is 521 g/mol. The van der Waals surface area contributed by atoms with Crippen LogP contribution >= 0.6 is 0 Å². The van der Waals surface area contributed by atoms with Gasteiger partial charge in [-0.05, 0) is 24.6 Å². The fourth-order valence-electron chi connectivity index (χ4n) is 1.66. The van der Waals surface area contributed by atoms with Gasteiger partial charge in [0.2, 0.25) is 0 Å². The van der Waals surface area contributed by atoms with E-state index in [4.69, 9.17) is 4.55 Å². The summed E-state index contributed by atoms with van der Waals surface area (Å²) in [4.78, 5) is 10.9. The predicted molar refractivity (Wildman–Crippen MR) is 84.2 cm³/mol. The standard InChI is InChI=1S/C12H10N.C4H4N2O3S.Ir/c1-2-6-11(7-3-1)10-12-8-4-5-9-13-12;7-10(8,9)4-5-2-1-3-6-4;/h1-6,8-9H,10H2;1-3H,(H,7,8,9);/q-1;;. The quantitative estimate of drug-likeness (QED) is 0.323. The van der Waals surface area contributed by atoms with Crippen molar-refractivity contribution in [1.82, 2.24) is 15.0 Å². The van der Waals surface area contributed by atoms with Gasteiger partial charge in [-0.2, -0.15) is 44.3 Å². The molecule has 0 aliphatic heterocycles. The van der Waals surface area contributed by atoms with Crippen molar-refractivity contribution in [2.75, 3.05) is 0 Å². The minimum absolute atomic E-state index is 0. The Bertz CT molecular complexity index is 779. The average Bonchev–Trinajstić information content (AvgIpc) is 2.57. The molecule has 6 nitrogen and oxygen atoms in total. The van der Waals surface area contributed by atoms with Crippen LogP contribution in [0.2, 0.25) is 0 Å². The molecule has 1 N–H and O–H groups in total. The van der Waals surface area contributed by atoms with Crippen molar-refractivity contribution in [2.24, 2.45) is 0 Å². The van der Waals surface area contributed by atoms with Crippen LogP contribution in [0.5, 0.6) is 0 Å². The van der Waals surface area contributed by atoms with Gasteiger partial charge in [0.15, 0.2) is 0 Å². The first-order valence-corrected chi connectivity index (χ1v) is 8.10. The number of nitrogens with zero attached hydrogens (tertiary/aromatic N) is 3. The number of rotatable bonds is 3. The molecule has 0 saturated heterocycles. The van der Waals surface area contributed by atoms with E-state index in [9.17, 15) is 8.42 Å². The maximum absolute atomic E-state index is 10.3. The number of hydrogen-bond donors (Lipinski definition) is 1. The number of aromatic nitrogens is 3. The summed E-state index contributed by atoms with van der Waals surface area (Å²) in [5.74, 6) is 0. The summed E-state index contributed by atoms with van der Waals surface area (Å²) in [6.07, 6.45) is 5.14. The molecule has 0 unspecified atom stereocenters. The number of benzene rings is 1. The maximum Gasteiger partial charge on any atom is 0.330 e. The summed E-state index contributed by atoms with van der Waals surface area (Å²) in [5.41, 5.74) is 2.27. The molecule has 0 aliphatic rings. The molecule has 3 rings (SSSR count). The Hall–Kier alpha value is -1.99. The van der Waals surface area contributed by atoms with Gasteiger partial charge in [-0.3, -0.25) is 9.54 Å². The summed E-state index contributed by atoms with van der Waals surface area (Å²) >= 11 is 0. The Balaban J connectivity index is 0.000000238. The van der Waals surface area contributed by atoms with Crippen LogP contribution in [0.4, 0.5) is 0 Å². The molecule has 127 valence electrons. The van der Waals surface area contributed by atoms with E-state index in [1.165, 1.54) is 24.0 Å². The van der Waals surface area contributed by atoms with Crippen LogP contribution in [0.15, 0.2) is 72.3 Å². The minimum Gasteiger partial charge on any atom is -0.279 e. The summed E-state index contributed by atoms with van der Waals surface area (Å²) in [6.45, 7) is 0. The van der Waals surface area contributed by atoms with Gasteiger partial charge in [-0.15, -0.1) is 0 Å². The van der Waals surface area contributed by atoms with E-state index in [-0.39, 0.29) is 20.1 Å². The van der Waals surface area contributed by atoms with Crippen molar-refractivity contribution in [3.05, 3.63) is 84.4 Å². The second-order valence-electron chi connectivity index (χ2n) is 4.39. The third-order valence-corrected chi connectivity index (χ3v) is 3.32. The van der Waals surface area contributed by atoms with E-state index in [1.807, 2.05) is 42.6 Å². The molecule has 0 amide bonds. The van der Waals surface area contributed by atoms with Crippen molar-refractivity contribution in [3.8, 4) is 0 Å². The first-order valence-electron chi connectivity index (χ1n) is 6.66. The molecule has 1 aromatic carbocycles. The van der Waals surface area contributed by atoms with Crippen LogP contribution in [0.3, 0.4) is 0 Å². The van der Waals surface area contributed by atoms with Crippen LogP contribution in [0, 0.1) is 6.07 Å². The molecule has 2 aromatic heterocycles. The molecule has 0 fully saturated rings. The molecule has 0 atom stereocenters. The fraction of sp³-hybridized carbons (Fsp3) is 0.0625. The van der Waals surface area contributed by atoms with Crippen LogP contribution in [-0.4, -0.2) is 27.9 Å². The molecule has 24 heavy (non-hydrogen) atoms. The SMILES string of the molecule is O=S(=O)(O)c1ncccn1.[Ir].[c-]1ccccc1Cc1ccccn1. The van der Waals surface area contributed by atoms with Crippen molar-refractivity contribution in [1.29, 1.82) is 0 Å². The van der Waals surface area contributed by atoms with E-state index in [2.05, 4.69) is 27.1 Å². The summed E-state index contributed by atoms with van der Waals surface area (Å²) in [6, 6.07) is 18.6. The summed E-state index contributed by atoms with van der Waals surface area (Å²) < 4.78 is 28.9. The first kappa shape index (κ1) is 20.1. The van der Waals surface area contributed by atoms with Gasteiger partial charge in [0.1, 0.15) is 0 Å². The zero-order valence-corrected chi connectivity index (χ0v) is 15.6. The van der Waals surface area contributed by atoms with Gasteiger partial charge in [-0.25, -0.2) is 9.97 Å². The zero-order chi connectivity index (χ0) is 16.5. The molecular formula is C16H14IrN3O3S-. The van der Waals surface area contributed by atoms with Crippen molar-refractivity contribution >= 4 is 10.1 Å². The largest absolute Gasteiger partial charge is 0.330 e. The van der Waals surface area contributed by atoms with Crippen LogP contribution in [0.1, 0.15) is 11.3 Å². The van der Waals surface area contributed by atoms with Crippen LogP contribution in [0.25, 0.3) is 0 Å². The van der Waals surface area contributed by atoms with Gasteiger partial charge in [0.05, 0.1) is 0 Å². The topological polar surface area (TPSA) is 93.0 Å². The molecule has 8 heteroatoms. The first-order chi connectivity index (χ1) is 11.1. The molecule has 0 aliphatic carbocycles. The van der Waals surface area contributed by atoms with E-state index in [0.29, 0.717) is 0 Å². The molecule has 1 radical (unpaired) electrons. The Kier molecular flexibility index (Phi) is 8.35. The van der Waals surface area contributed by atoms with Gasteiger partial charge in [-0.1, -0.05) is 6.07 Å². The second kappa shape index (κ2) is 10.00. The molecule has 3 aromatic rings. The second-order valence-corrected chi connectivity index (χ2v) is 5.71. The van der Waals surface area contributed by atoms with Crippen LogP contribution in [-0.2, 0) is 36.6 Å². The van der Waals surface area contributed by atoms with E-state index < -0.39 is 15.3 Å². The van der Waals surface area contributed by atoms with Crippen molar-refractivity contribution < 1.29 is 33.1 Å². The summed E-state index contributed by atoms with van der Waals surface area (Å²) in [7, 11) is -4.23. The average molecular weight is 521 g/mol. The zero-order valence-electron chi connectivity index (χ0n) is 12.4. The predicted octanol–water partition coefficient (Wildman–Crippen LogP) is 2.19.